The maximum absolute atomic E-state index is 12.3. The van der Waals surface area contributed by atoms with E-state index in [1.165, 1.54) is 11.3 Å². The number of amides is 1. The molecule has 1 saturated heterocycles. The normalized spacial score (nSPS) is 17.7. The lowest BCUT2D eigenvalue weighted by Gasteiger charge is -2.37. The van der Waals surface area contributed by atoms with Crippen molar-refractivity contribution < 1.29 is 4.79 Å². The second-order valence-corrected chi connectivity index (χ2v) is 7.06. The van der Waals surface area contributed by atoms with Crippen LogP contribution in [0.15, 0.2) is 24.7 Å². The summed E-state index contributed by atoms with van der Waals surface area (Å²) in [5.41, 5.74) is -0.00781. The molecule has 21 heavy (non-hydrogen) atoms. The van der Waals surface area contributed by atoms with Crippen molar-refractivity contribution in [2.75, 3.05) is 13.1 Å². The Morgan fingerprint density at radius 3 is 2.52 bits per heavy atom. The number of nitrogens with zero attached hydrogens (tertiary/aromatic N) is 4. The number of carbonyl (C=O) groups excluding carboxylic acids is 1. The highest BCUT2D eigenvalue weighted by molar-refractivity contribution is 7.15. The van der Waals surface area contributed by atoms with Crippen molar-refractivity contribution in [1.29, 1.82) is 0 Å². The third kappa shape index (κ3) is 2.91. The Kier molecular flexibility index (Phi) is 3.91. The summed E-state index contributed by atoms with van der Waals surface area (Å²) in [4.78, 5) is 26.6. The number of piperidine rings is 1. The molecule has 5 nitrogen and oxygen atoms in total. The van der Waals surface area contributed by atoms with Crippen LogP contribution in [0.4, 0.5) is 0 Å². The van der Waals surface area contributed by atoms with Crippen LogP contribution in [0.25, 0.3) is 0 Å². The molecule has 7 heteroatoms. The summed E-state index contributed by atoms with van der Waals surface area (Å²) in [6, 6.07) is 1.70. The van der Waals surface area contributed by atoms with Gasteiger partial charge in [0.05, 0.1) is 6.20 Å². The van der Waals surface area contributed by atoms with E-state index in [0.29, 0.717) is 17.4 Å². The maximum atomic E-state index is 12.3. The van der Waals surface area contributed by atoms with Crippen molar-refractivity contribution in [3.05, 3.63) is 39.8 Å². The highest BCUT2D eigenvalue weighted by Crippen LogP contribution is 2.38. The van der Waals surface area contributed by atoms with Crippen molar-refractivity contribution in [1.82, 2.24) is 19.9 Å². The zero-order valence-corrected chi connectivity index (χ0v) is 13.2. The lowest BCUT2D eigenvalue weighted by atomic mass is 9.81. The Morgan fingerprint density at radius 2 is 1.95 bits per heavy atom. The van der Waals surface area contributed by atoms with E-state index in [-0.39, 0.29) is 17.1 Å². The first-order valence-corrected chi connectivity index (χ1v) is 7.96. The van der Waals surface area contributed by atoms with Gasteiger partial charge < -0.3 is 4.90 Å². The molecular formula is C14H15ClN4OS. The molecule has 0 aromatic carbocycles. The molecule has 3 heterocycles. The fourth-order valence-corrected chi connectivity index (χ4v) is 3.62. The third-order valence-electron chi connectivity index (χ3n) is 3.91. The Labute approximate surface area is 132 Å². The van der Waals surface area contributed by atoms with E-state index in [1.54, 1.807) is 24.7 Å². The van der Waals surface area contributed by atoms with Gasteiger partial charge in [-0.15, -0.1) is 11.3 Å². The van der Waals surface area contributed by atoms with Crippen LogP contribution in [0.2, 0.25) is 4.34 Å². The minimum atomic E-state index is -0.102. The Hall–Kier alpha value is -1.53. The maximum Gasteiger partial charge on any atom is 0.291 e. The van der Waals surface area contributed by atoms with E-state index < -0.39 is 0 Å². The molecule has 0 bridgehead atoms. The zero-order valence-electron chi connectivity index (χ0n) is 11.6. The van der Waals surface area contributed by atoms with Gasteiger partial charge in [0.2, 0.25) is 5.82 Å². The quantitative estimate of drug-likeness (QED) is 0.853. The molecule has 2 aromatic rings. The van der Waals surface area contributed by atoms with Gasteiger partial charge in [-0.05, 0) is 18.9 Å². The van der Waals surface area contributed by atoms with E-state index in [9.17, 15) is 4.79 Å². The van der Waals surface area contributed by atoms with Crippen molar-refractivity contribution in [2.24, 2.45) is 0 Å². The number of aromatic nitrogens is 3. The number of hydrogen-bond acceptors (Lipinski definition) is 5. The lowest BCUT2D eigenvalue weighted by molar-refractivity contribution is 0.0663. The van der Waals surface area contributed by atoms with Crippen LogP contribution in [0.3, 0.4) is 0 Å². The molecule has 110 valence electrons. The molecule has 1 fully saturated rings. The minimum Gasteiger partial charge on any atom is -0.336 e. The molecule has 0 saturated carbocycles. The van der Waals surface area contributed by atoms with E-state index in [1.807, 2.05) is 4.90 Å². The monoisotopic (exact) mass is 322 g/mol. The molecular weight excluding hydrogens is 308 g/mol. The van der Waals surface area contributed by atoms with Crippen molar-refractivity contribution in [2.45, 2.75) is 25.2 Å². The van der Waals surface area contributed by atoms with Crippen LogP contribution in [-0.4, -0.2) is 38.8 Å². The summed E-state index contributed by atoms with van der Waals surface area (Å²) in [6.45, 7) is 3.55. The van der Waals surface area contributed by atoms with Gasteiger partial charge in [0, 0.05) is 30.9 Å². The Morgan fingerprint density at radius 1 is 1.29 bits per heavy atom. The molecule has 0 atom stereocenters. The summed E-state index contributed by atoms with van der Waals surface area (Å²) in [7, 11) is 0. The van der Waals surface area contributed by atoms with E-state index in [2.05, 4.69) is 21.9 Å². The Balaban J connectivity index is 1.69. The molecule has 0 spiro atoms. The molecule has 0 N–H and O–H groups in total. The van der Waals surface area contributed by atoms with Crippen LogP contribution in [0.5, 0.6) is 0 Å². The smallest absolute Gasteiger partial charge is 0.291 e. The third-order valence-corrected chi connectivity index (χ3v) is 5.33. The average Bonchev–Trinajstić information content (AvgIpc) is 2.96. The summed E-state index contributed by atoms with van der Waals surface area (Å²) in [6.07, 6.45) is 6.62. The van der Waals surface area contributed by atoms with Crippen LogP contribution < -0.4 is 0 Å². The minimum absolute atomic E-state index is 0.00781. The zero-order chi connectivity index (χ0) is 14.9. The van der Waals surface area contributed by atoms with Crippen LogP contribution >= 0.6 is 22.9 Å². The molecule has 2 aromatic heterocycles. The van der Waals surface area contributed by atoms with Gasteiger partial charge in [-0.1, -0.05) is 18.5 Å². The number of carbonyl (C=O) groups is 1. The summed E-state index contributed by atoms with van der Waals surface area (Å²) < 4.78 is 0.711. The second kappa shape index (κ2) is 5.69. The van der Waals surface area contributed by atoms with Crippen molar-refractivity contribution >= 4 is 28.8 Å². The first-order chi connectivity index (χ1) is 10.1. The first kappa shape index (κ1) is 14.4. The molecule has 0 aliphatic carbocycles. The fourth-order valence-electron chi connectivity index (χ4n) is 2.50. The van der Waals surface area contributed by atoms with Crippen LogP contribution in [-0.2, 0) is 5.41 Å². The highest BCUT2D eigenvalue weighted by Gasteiger charge is 2.36. The number of hydrogen-bond donors (Lipinski definition) is 0. The topological polar surface area (TPSA) is 59.0 Å². The van der Waals surface area contributed by atoms with Gasteiger partial charge >= 0.3 is 0 Å². The molecule has 1 aliphatic heterocycles. The average molecular weight is 323 g/mol. The summed E-state index contributed by atoms with van der Waals surface area (Å²) in [5.74, 6) is 0.160. The van der Waals surface area contributed by atoms with E-state index in [0.717, 1.165) is 17.8 Å². The van der Waals surface area contributed by atoms with Gasteiger partial charge in [-0.3, -0.25) is 4.79 Å². The number of thiazole rings is 1. The van der Waals surface area contributed by atoms with Crippen LogP contribution in [0, 0.1) is 0 Å². The molecule has 0 radical (unpaired) electrons. The Bertz CT molecular complexity index is 637. The highest BCUT2D eigenvalue weighted by atomic mass is 35.5. The van der Waals surface area contributed by atoms with Gasteiger partial charge in [0.25, 0.3) is 5.91 Å². The fraction of sp³-hybridized carbons (Fsp3) is 0.429. The van der Waals surface area contributed by atoms with Crippen molar-refractivity contribution in [3.8, 4) is 0 Å². The molecule has 1 amide bonds. The molecule has 1 aliphatic rings. The largest absolute Gasteiger partial charge is 0.336 e. The predicted molar refractivity (Wildman–Crippen MR) is 81.6 cm³/mol. The number of likely N-dealkylation sites (tertiary alicyclic amines) is 1. The van der Waals surface area contributed by atoms with Crippen LogP contribution in [0.1, 0.15) is 35.4 Å². The predicted octanol–water partition coefficient (Wildman–Crippen LogP) is 2.78. The first-order valence-electron chi connectivity index (χ1n) is 6.77. The van der Waals surface area contributed by atoms with Gasteiger partial charge in [0.15, 0.2) is 0 Å². The SMILES string of the molecule is CC1(c2ncc(Cl)s2)CCN(C(=O)c2ncccn2)CC1. The van der Waals surface area contributed by atoms with Gasteiger partial charge in [-0.25, -0.2) is 15.0 Å². The van der Waals surface area contributed by atoms with E-state index >= 15 is 0 Å². The molecule has 0 unspecified atom stereocenters. The second-order valence-electron chi connectivity index (χ2n) is 5.39. The number of halogens is 1. The lowest BCUT2D eigenvalue weighted by Crippen LogP contribution is -2.44. The summed E-state index contributed by atoms with van der Waals surface area (Å²) in [5, 5.41) is 1.05. The van der Waals surface area contributed by atoms with Gasteiger partial charge in [-0.2, -0.15) is 0 Å². The standard InChI is InChI=1S/C14H15ClN4OS/c1-14(13-18-9-10(15)21-13)3-7-19(8-4-14)12(20)11-16-5-2-6-17-11/h2,5-6,9H,3-4,7-8H2,1H3. The van der Waals surface area contributed by atoms with Gasteiger partial charge in [0.1, 0.15) is 9.34 Å². The van der Waals surface area contributed by atoms with E-state index in [4.69, 9.17) is 11.6 Å². The molecule has 3 rings (SSSR count). The van der Waals surface area contributed by atoms with Crippen molar-refractivity contribution in [3.63, 3.8) is 0 Å². The number of rotatable bonds is 2. The summed E-state index contributed by atoms with van der Waals surface area (Å²) >= 11 is 7.50.